The van der Waals surface area contributed by atoms with Crippen molar-refractivity contribution in [2.24, 2.45) is 0 Å². The van der Waals surface area contributed by atoms with Gasteiger partial charge in [0.05, 0.1) is 0 Å². The number of allylic oxidation sites excluding steroid dienone is 2. The van der Waals surface area contributed by atoms with Gasteiger partial charge in [-0.1, -0.05) is 42.2 Å². The lowest BCUT2D eigenvalue weighted by Crippen LogP contribution is -2.18. The Morgan fingerprint density at radius 2 is 1.96 bits per heavy atom. The van der Waals surface area contributed by atoms with Gasteiger partial charge in [-0.15, -0.1) is 0 Å². The summed E-state index contributed by atoms with van der Waals surface area (Å²) in [6.07, 6.45) is 4.84. The molecule has 4 heteroatoms. The molecule has 0 amide bonds. The zero-order valence-electron chi connectivity index (χ0n) is 14.1. The normalized spacial score (nSPS) is 15.4. The average molecular weight is 325 g/mol. The number of rotatable bonds is 6. The maximum atomic E-state index is 12.4. The van der Waals surface area contributed by atoms with E-state index >= 15 is 0 Å². The summed E-state index contributed by atoms with van der Waals surface area (Å²) in [5.41, 5.74) is 2.90. The van der Waals surface area contributed by atoms with Crippen molar-refractivity contribution in [3.8, 4) is 11.8 Å². The smallest absolute Gasteiger partial charge is 0.210 e. The van der Waals surface area contributed by atoms with Crippen LogP contribution in [0.3, 0.4) is 0 Å². The largest absolute Gasteiger partial charge is 0.295 e. The van der Waals surface area contributed by atoms with E-state index in [1.807, 2.05) is 30.3 Å². The number of hydrogen-bond donors (Lipinski definition) is 0. The van der Waals surface area contributed by atoms with Crippen molar-refractivity contribution in [2.45, 2.75) is 57.9 Å². The fourth-order valence-corrected chi connectivity index (χ4v) is 2.80. The Hall–Kier alpha value is -2.41. The van der Waals surface area contributed by atoms with Crippen LogP contribution in [0.2, 0.25) is 0 Å². The van der Waals surface area contributed by atoms with Crippen LogP contribution in [-0.4, -0.2) is 16.7 Å². The molecule has 1 atom stereocenters. The van der Waals surface area contributed by atoms with Gasteiger partial charge in [-0.3, -0.25) is 14.9 Å². The summed E-state index contributed by atoms with van der Waals surface area (Å²) in [4.78, 5) is 22.8. The topological polar surface area (TPSA) is 60.2 Å². The number of benzene rings is 1. The van der Waals surface area contributed by atoms with Crippen molar-refractivity contribution in [2.75, 3.05) is 0 Å². The lowest BCUT2D eigenvalue weighted by molar-refractivity contribution is -0.518. The lowest BCUT2D eigenvalue weighted by Gasteiger charge is -2.16. The Bertz CT molecular complexity index is 680. The molecule has 0 fully saturated rings. The van der Waals surface area contributed by atoms with Crippen molar-refractivity contribution in [1.82, 2.24) is 0 Å². The van der Waals surface area contributed by atoms with Gasteiger partial charge in [-0.2, -0.15) is 0 Å². The molecular formula is C20H23NO3. The van der Waals surface area contributed by atoms with E-state index in [1.165, 1.54) is 0 Å². The number of carbonyl (C=O) groups excluding carboxylic acids is 1. The summed E-state index contributed by atoms with van der Waals surface area (Å²) in [5, 5.41) is 10.7. The van der Waals surface area contributed by atoms with E-state index in [0.717, 1.165) is 42.4 Å². The van der Waals surface area contributed by atoms with Crippen LogP contribution in [0.5, 0.6) is 0 Å². The van der Waals surface area contributed by atoms with E-state index in [4.69, 9.17) is 0 Å². The minimum atomic E-state index is -0.675. The molecule has 0 radical (unpaired) electrons. The van der Waals surface area contributed by atoms with E-state index in [1.54, 1.807) is 6.92 Å². The number of carbonyl (C=O) groups is 1. The molecule has 1 aliphatic rings. The molecule has 0 spiro atoms. The molecule has 0 aromatic heterocycles. The molecule has 0 saturated heterocycles. The van der Waals surface area contributed by atoms with Gasteiger partial charge < -0.3 is 0 Å². The Balaban J connectivity index is 2.04. The van der Waals surface area contributed by atoms with E-state index < -0.39 is 6.04 Å². The molecule has 24 heavy (non-hydrogen) atoms. The molecule has 1 aromatic carbocycles. The predicted octanol–water partition coefficient (Wildman–Crippen LogP) is 4.12. The highest BCUT2D eigenvalue weighted by molar-refractivity contribution is 5.97. The molecule has 1 aliphatic carbocycles. The Morgan fingerprint density at radius 1 is 1.25 bits per heavy atom. The van der Waals surface area contributed by atoms with Gasteiger partial charge >= 0.3 is 0 Å². The van der Waals surface area contributed by atoms with Gasteiger partial charge in [-0.05, 0) is 31.2 Å². The second kappa shape index (κ2) is 9.02. The van der Waals surface area contributed by atoms with Gasteiger partial charge in [0, 0.05) is 42.3 Å². The minimum Gasteiger partial charge on any atom is -0.295 e. The first-order valence-corrected chi connectivity index (χ1v) is 8.49. The van der Waals surface area contributed by atoms with Crippen LogP contribution in [0.25, 0.3) is 0 Å². The van der Waals surface area contributed by atoms with Crippen molar-refractivity contribution in [3.63, 3.8) is 0 Å². The average Bonchev–Trinajstić information content (AvgIpc) is 2.60. The third kappa shape index (κ3) is 5.34. The van der Waals surface area contributed by atoms with Crippen LogP contribution < -0.4 is 0 Å². The Morgan fingerprint density at radius 3 is 2.67 bits per heavy atom. The third-order valence-corrected chi connectivity index (χ3v) is 4.33. The predicted molar refractivity (Wildman–Crippen MR) is 94.1 cm³/mol. The molecule has 1 aromatic rings. The number of nitrogens with zero attached hydrogens (tertiary/aromatic N) is 1. The maximum absolute atomic E-state index is 12.4. The molecule has 4 nitrogen and oxygen atoms in total. The van der Waals surface area contributed by atoms with E-state index in [9.17, 15) is 14.9 Å². The van der Waals surface area contributed by atoms with Gasteiger partial charge in [0.25, 0.3) is 0 Å². The lowest BCUT2D eigenvalue weighted by atomic mass is 9.87. The van der Waals surface area contributed by atoms with Gasteiger partial charge in [0.2, 0.25) is 6.04 Å². The van der Waals surface area contributed by atoms with Crippen LogP contribution in [0, 0.1) is 22.0 Å². The van der Waals surface area contributed by atoms with Crippen LogP contribution in [0.1, 0.15) is 51.0 Å². The van der Waals surface area contributed by atoms with Crippen molar-refractivity contribution in [3.05, 3.63) is 57.2 Å². The molecule has 0 heterocycles. The van der Waals surface area contributed by atoms with Crippen LogP contribution in [-0.2, 0) is 11.2 Å². The Kier molecular flexibility index (Phi) is 6.74. The molecule has 0 bridgehead atoms. The standard InChI is InChI=1S/C20H23NO3/c1-16(21(23)24)14-15-20(22)19-13-6-5-11-18(19)12-7-10-17-8-3-2-4-9-17/h2-4,8-9,16H,5-6,10-11,13-15H2,1H3. The number of Topliss-reactive ketones (excluding diaryl/α,β-unsaturated/α-hetero) is 1. The molecular weight excluding hydrogens is 302 g/mol. The summed E-state index contributed by atoms with van der Waals surface area (Å²) in [6, 6.07) is 9.35. The summed E-state index contributed by atoms with van der Waals surface area (Å²) in [7, 11) is 0. The van der Waals surface area contributed by atoms with Gasteiger partial charge in [0.15, 0.2) is 5.78 Å². The van der Waals surface area contributed by atoms with Crippen LogP contribution in [0.4, 0.5) is 0 Å². The van der Waals surface area contributed by atoms with Crippen molar-refractivity contribution < 1.29 is 9.72 Å². The Labute approximate surface area is 143 Å². The maximum Gasteiger partial charge on any atom is 0.210 e. The summed E-state index contributed by atoms with van der Waals surface area (Å²) < 4.78 is 0. The van der Waals surface area contributed by atoms with E-state index in [0.29, 0.717) is 12.8 Å². The molecule has 1 unspecified atom stereocenters. The molecule has 0 N–H and O–H groups in total. The quantitative estimate of drug-likeness (QED) is 0.449. The number of ketones is 1. The third-order valence-electron chi connectivity index (χ3n) is 4.33. The van der Waals surface area contributed by atoms with Crippen molar-refractivity contribution in [1.29, 1.82) is 0 Å². The van der Waals surface area contributed by atoms with Crippen molar-refractivity contribution >= 4 is 5.78 Å². The second-order valence-corrected chi connectivity index (χ2v) is 6.22. The summed E-state index contributed by atoms with van der Waals surface area (Å²) in [6.45, 7) is 1.54. The molecule has 0 aliphatic heterocycles. The first-order chi connectivity index (χ1) is 11.6. The molecule has 2 rings (SSSR count). The molecule has 126 valence electrons. The SMILES string of the molecule is CC(CCC(=O)C1=C(C#CCc2ccccc2)CCCC1)[N+](=O)[O-]. The van der Waals surface area contributed by atoms with E-state index in [-0.39, 0.29) is 17.1 Å². The summed E-state index contributed by atoms with van der Waals surface area (Å²) in [5.74, 6) is 6.39. The number of hydrogen-bond acceptors (Lipinski definition) is 3. The first kappa shape index (κ1) is 17.9. The highest BCUT2D eigenvalue weighted by Gasteiger charge is 2.21. The zero-order valence-corrected chi connectivity index (χ0v) is 14.1. The highest BCUT2D eigenvalue weighted by atomic mass is 16.6. The zero-order chi connectivity index (χ0) is 17.4. The number of nitro groups is 1. The first-order valence-electron chi connectivity index (χ1n) is 8.49. The van der Waals surface area contributed by atoms with Gasteiger partial charge in [-0.25, -0.2) is 0 Å². The monoisotopic (exact) mass is 325 g/mol. The fourth-order valence-electron chi connectivity index (χ4n) is 2.80. The van der Waals surface area contributed by atoms with E-state index in [2.05, 4.69) is 11.8 Å². The van der Waals surface area contributed by atoms with Crippen LogP contribution in [0.15, 0.2) is 41.5 Å². The minimum absolute atomic E-state index is 0.0346. The van der Waals surface area contributed by atoms with Crippen LogP contribution >= 0.6 is 0 Å². The fraction of sp³-hybridized carbons (Fsp3) is 0.450. The van der Waals surface area contributed by atoms with Gasteiger partial charge in [0.1, 0.15) is 0 Å². The molecule has 0 saturated carbocycles. The summed E-state index contributed by atoms with van der Waals surface area (Å²) >= 11 is 0. The highest BCUT2D eigenvalue weighted by Crippen LogP contribution is 2.26. The second-order valence-electron chi connectivity index (χ2n) is 6.22.